The fourth-order valence-electron chi connectivity index (χ4n) is 3.69. The molecule has 2 aliphatic rings. The smallest absolute Gasteiger partial charge is 0.220 e. The van der Waals surface area contributed by atoms with E-state index >= 15 is 0 Å². The predicted octanol–water partition coefficient (Wildman–Crippen LogP) is 3.21. The second-order valence-electron chi connectivity index (χ2n) is 6.61. The van der Waals surface area contributed by atoms with Gasteiger partial charge in [0.25, 0.3) is 0 Å². The van der Waals surface area contributed by atoms with Gasteiger partial charge < -0.3 is 10.6 Å². The molecular formula is C19H27N3O. The monoisotopic (exact) mass is 313 g/mol. The first-order valence-electron chi connectivity index (χ1n) is 8.94. The molecule has 1 aromatic carbocycles. The first kappa shape index (κ1) is 16.0. The molecule has 1 amide bonds. The Bertz CT molecular complexity index is 535. The lowest BCUT2D eigenvalue weighted by molar-refractivity contribution is -0.122. The second-order valence-corrected chi connectivity index (χ2v) is 6.61. The van der Waals surface area contributed by atoms with Crippen LogP contribution in [0.25, 0.3) is 0 Å². The van der Waals surface area contributed by atoms with Gasteiger partial charge in [-0.05, 0) is 24.3 Å². The van der Waals surface area contributed by atoms with Gasteiger partial charge in [-0.3, -0.25) is 9.79 Å². The Morgan fingerprint density at radius 3 is 2.70 bits per heavy atom. The van der Waals surface area contributed by atoms with Crippen LogP contribution in [-0.4, -0.2) is 24.8 Å². The Labute approximate surface area is 138 Å². The summed E-state index contributed by atoms with van der Waals surface area (Å²) in [7, 11) is 0. The van der Waals surface area contributed by atoms with E-state index in [4.69, 9.17) is 0 Å². The van der Waals surface area contributed by atoms with Crippen LogP contribution in [0, 0.1) is 5.92 Å². The van der Waals surface area contributed by atoms with Gasteiger partial charge in [-0.1, -0.05) is 49.6 Å². The highest BCUT2D eigenvalue weighted by atomic mass is 16.1. The molecule has 124 valence electrons. The van der Waals surface area contributed by atoms with Gasteiger partial charge in [-0.15, -0.1) is 0 Å². The van der Waals surface area contributed by atoms with Crippen LogP contribution < -0.4 is 10.6 Å². The summed E-state index contributed by atoms with van der Waals surface area (Å²) in [5.74, 6) is 1.69. The molecule has 1 aromatic rings. The molecule has 0 spiro atoms. The van der Waals surface area contributed by atoms with Gasteiger partial charge >= 0.3 is 0 Å². The topological polar surface area (TPSA) is 53.5 Å². The van der Waals surface area contributed by atoms with E-state index in [9.17, 15) is 4.79 Å². The minimum Gasteiger partial charge on any atom is -0.372 e. The van der Waals surface area contributed by atoms with Crippen molar-refractivity contribution >= 4 is 11.7 Å². The van der Waals surface area contributed by atoms with Crippen LogP contribution in [0.4, 0.5) is 0 Å². The van der Waals surface area contributed by atoms with Crippen LogP contribution in [0.1, 0.15) is 56.6 Å². The molecular weight excluding hydrogens is 286 g/mol. The van der Waals surface area contributed by atoms with E-state index in [0.29, 0.717) is 12.3 Å². The summed E-state index contributed by atoms with van der Waals surface area (Å²) >= 11 is 0. The number of carbonyl (C=O) groups excluding carboxylic acids is 1. The summed E-state index contributed by atoms with van der Waals surface area (Å²) in [5.41, 5.74) is 1.24. The minimum atomic E-state index is 0.140. The van der Waals surface area contributed by atoms with E-state index in [1.807, 2.05) is 6.07 Å². The normalized spacial score (nSPS) is 19.7. The minimum absolute atomic E-state index is 0.140. The SMILES string of the molecule is O=C(CCC1=NCCN1)NC(c1ccccc1)C1CCCCC1. The van der Waals surface area contributed by atoms with Crippen molar-refractivity contribution in [2.45, 2.75) is 51.0 Å². The molecule has 1 fully saturated rings. The number of aliphatic imine (C=N–C) groups is 1. The lowest BCUT2D eigenvalue weighted by Gasteiger charge is -2.31. The maximum absolute atomic E-state index is 12.4. The van der Waals surface area contributed by atoms with Gasteiger partial charge in [0, 0.05) is 19.4 Å². The largest absolute Gasteiger partial charge is 0.372 e. The van der Waals surface area contributed by atoms with Gasteiger partial charge in [0.05, 0.1) is 18.4 Å². The Kier molecular flexibility index (Phi) is 5.67. The van der Waals surface area contributed by atoms with Crippen molar-refractivity contribution in [3.05, 3.63) is 35.9 Å². The van der Waals surface area contributed by atoms with Crippen LogP contribution in [0.15, 0.2) is 35.3 Å². The van der Waals surface area contributed by atoms with Crippen LogP contribution in [-0.2, 0) is 4.79 Å². The number of rotatable bonds is 6. The zero-order chi connectivity index (χ0) is 15.9. The standard InChI is InChI=1S/C19H27N3O/c23-18(12-11-17-20-13-14-21-17)22-19(15-7-3-1-4-8-15)16-9-5-2-6-10-16/h1,3-4,7-8,16,19H,2,5-6,9-14H2,(H,20,21)(H,22,23). The molecule has 23 heavy (non-hydrogen) atoms. The summed E-state index contributed by atoms with van der Waals surface area (Å²) in [6, 6.07) is 10.6. The molecule has 1 heterocycles. The van der Waals surface area contributed by atoms with Crippen LogP contribution in [0.5, 0.6) is 0 Å². The van der Waals surface area contributed by atoms with Crippen molar-refractivity contribution in [2.75, 3.05) is 13.1 Å². The molecule has 0 radical (unpaired) electrons. The summed E-state index contributed by atoms with van der Waals surface area (Å²) < 4.78 is 0. The molecule has 1 unspecified atom stereocenters. The third-order valence-electron chi connectivity index (χ3n) is 4.93. The molecule has 3 rings (SSSR count). The molecule has 1 aliphatic carbocycles. The summed E-state index contributed by atoms with van der Waals surface area (Å²) in [6.07, 6.45) is 7.56. The van der Waals surface area contributed by atoms with E-state index in [1.54, 1.807) is 0 Å². The highest BCUT2D eigenvalue weighted by Crippen LogP contribution is 2.34. The number of benzene rings is 1. The van der Waals surface area contributed by atoms with Gasteiger partial charge in [-0.25, -0.2) is 0 Å². The highest BCUT2D eigenvalue weighted by molar-refractivity contribution is 5.88. The Balaban J connectivity index is 1.61. The lowest BCUT2D eigenvalue weighted by atomic mass is 9.81. The predicted molar refractivity (Wildman–Crippen MR) is 93.4 cm³/mol. The Morgan fingerprint density at radius 2 is 2.00 bits per heavy atom. The van der Waals surface area contributed by atoms with E-state index < -0.39 is 0 Å². The van der Waals surface area contributed by atoms with Crippen LogP contribution >= 0.6 is 0 Å². The van der Waals surface area contributed by atoms with Crippen molar-refractivity contribution in [1.82, 2.24) is 10.6 Å². The molecule has 4 heteroatoms. The van der Waals surface area contributed by atoms with Gasteiger partial charge in [0.15, 0.2) is 0 Å². The fraction of sp³-hybridized carbons (Fsp3) is 0.579. The summed E-state index contributed by atoms with van der Waals surface area (Å²) in [4.78, 5) is 16.8. The first-order chi connectivity index (χ1) is 11.3. The second kappa shape index (κ2) is 8.14. The molecule has 2 N–H and O–H groups in total. The Hall–Kier alpha value is -1.84. The molecule has 4 nitrogen and oxygen atoms in total. The molecule has 1 atom stereocenters. The number of carbonyl (C=O) groups is 1. The average molecular weight is 313 g/mol. The number of hydrogen-bond donors (Lipinski definition) is 2. The van der Waals surface area contributed by atoms with Crippen molar-refractivity contribution in [3.8, 4) is 0 Å². The number of nitrogens with zero attached hydrogens (tertiary/aromatic N) is 1. The maximum atomic E-state index is 12.4. The van der Waals surface area contributed by atoms with E-state index in [-0.39, 0.29) is 11.9 Å². The van der Waals surface area contributed by atoms with Gasteiger partial charge in [0.1, 0.15) is 0 Å². The lowest BCUT2D eigenvalue weighted by Crippen LogP contribution is -2.35. The maximum Gasteiger partial charge on any atom is 0.220 e. The number of amidine groups is 1. The summed E-state index contributed by atoms with van der Waals surface area (Å²) in [6.45, 7) is 1.75. The zero-order valence-corrected chi connectivity index (χ0v) is 13.8. The van der Waals surface area contributed by atoms with Crippen molar-refractivity contribution in [1.29, 1.82) is 0 Å². The van der Waals surface area contributed by atoms with Gasteiger partial charge in [-0.2, -0.15) is 0 Å². The molecule has 0 saturated heterocycles. The van der Waals surface area contributed by atoms with Crippen molar-refractivity contribution < 1.29 is 4.79 Å². The van der Waals surface area contributed by atoms with E-state index in [0.717, 1.165) is 25.3 Å². The van der Waals surface area contributed by atoms with E-state index in [2.05, 4.69) is 39.9 Å². The zero-order valence-electron chi connectivity index (χ0n) is 13.8. The number of nitrogens with one attached hydrogen (secondary N) is 2. The van der Waals surface area contributed by atoms with Crippen LogP contribution in [0.3, 0.4) is 0 Å². The Morgan fingerprint density at radius 1 is 1.22 bits per heavy atom. The van der Waals surface area contributed by atoms with Crippen molar-refractivity contribution in [3.63, 3.8) is 0 Å². The van der Waals surface area contributed by atoms with Crippen LogP contribution in [0.2, 0.25) is 0 Å². The highest BCUT2D eigenvalue weighted by Gasteiger charge is 2.26. The summed E-state index contributed by atoms with van der Waals surface area (Å²) in [5, 5.41) is 6.54. The van der Waals surface area contributed by atoms with E-state index in [1.165, 1.54) is 37.7 Å². The molecule has 0 bridgehead atoms. The molecule has 1 saturated carbocycles. The fourth-order valence-corrected chi connectivity index (χ4v) is 3.69. The average Bonchev–Trinajstić information content (AvgIpc) is 3.13. The third kappa shape index (κ3) is 4.57. The van der Waals surface area contributed by atoms with Crippen molar-refractivity contribution in [2.24, 2.45) is 10.9 Å². The quantitative estimate of drug-likeness (QED) is 0.847. The van der Waals surface area contributed by atoms with Gasteiger partial charge in [0.2, 0.25) is 5.91 Å². The molecule has 0 aromatic heterocycles. The number of hydrogen-bond acceptors (Lipinski definition) is 3. The number of amides is 1. The third-order valence-corrected chi connectivity index (χ3v) is 4.93. The molecule has 1 aliphatic heterocycles. The first-order valence-corrected chi connectivity index (χ1v) is 8.94.